The highest BCUT2D eigenvalue weighted by Gasteiger charge is 2.07. The molecule has 0 bridgehead atoms. The topological polar surface area (TPSA) is 53.7 Å². The molecule has 6 heteroatoms. The first-order chi connectivity index (χ1) is 9.15. The number of hydrogen-bond acceptors (Lipinski definition) is 4. The van der Waals surface area contributed by atoms with Crippen molar-refractivity contribution in [1.82, 2.24) is 0 Å². The van der Waals surface area contributed by atoms with Gasteiger partial charge in [-0.2, -0.15) is 0 Å². The molecule has 1 rings (SSSR count). The van der Waals surface area contributed by atoms with Gasteiger partial charge in [-0.1, -0.05) is 28.1 Å². The van der Waals surface area contributed by atoms with Crippen molar-refractivity contribution in [2.45, 2.75) is 6.42 Å². The van der Waals surface area contributed by atoms with Gasteiger partial charge in [0.1, 0.15) is 17.3 Å². The fraction of sp³-hybridized carbons (Fsp3) is 0.462. The Morgan fingerprint density at radius 3 is 2.74 bits per heavy atom. The molecule has 0 unspecified atom stereocenters. The summed E-state index contributed by atoms with van der Waals surface area (Å²) in [5, 5.41) is 0. The highest BCUT2D eigenvalue weighted by atomic mass is 79.9. The van der Waals surface area contributed by atoms with Gasteiger partial charge in [0, 0.05) is 24.8 Å². The molecule has 4 nitrogen and oxygen atoms in total. The quantitative estimate of drug-likeness (QED) is 0.549. The van der Waals surface area contributed by atoms with Gasteiger partial charge < -0.3 is 19.9 Å². The van der Waals surface area contributed by atoms with Crippen LogP contribution in [0.25, 0.3) is 0 Å². The SMILES string of the molecule is COCCCOCCOc1ccc(Br)cc1C(N)=S. The summed E-state index contributed by atoms with van der Waals surface area (Å²) in [6.45, 7) is 2.36. The molecule has 19 heavy (non-hydrogen) atoms. The van der Waals surface area contributed by atoms with Crippen molar-refractivity contribution in [3.63, 3.8) is 0 Å². The molecular formula is C13H18BrNO3S. The monoisotopic (exact) mass is 347 g/mol. The fourth-order valence-electron chi connectivity index (χ4n) is 1.44. The van der Waals surface area contributed by atoms with E-state index in [9.17, 15) is 0 Å². The van der Waals surface area contributed by atoms with Crippen LogP contribution in [0, 0.1) is 0 Å². The summed E-state index contributed by atoms with van der Waals surface area (Å²) in [5.41, 5.74) is 6.38. The summed E-state index contributed by atoms with van der Waals surface area (Å²) in [7, 11) is 1.67. The van der Waals surface area contributed by atoms with Crippen LogP contribution < -0.4 is 10.5 Å². The lowest BCUT2D eigenvalue weighted by Gasteiger charge is -2.11. The predicted octanol–water partition coefficient (Wildman–Crippen LogP) is 2.52. The van der Waals surface area contributed by atoms with Gasteiger partial charge in [0.2, 0.25) is 0 Å². The van der Waals surface area contributed by atoms with E-state index in [0.717, 1.165) is 16.5 Å². The number of rotatable bonds is 9. The molecule has 0 aromatic heterocycles. The fourth-order valence-corrected chi connectivity index (χ4v) is 1.96. The van der Waals surface area contributed by atoms with Crippen LogP contribution in [0.3, 0.4) is 0 Å². The number of ether oxygens (including phenoxy) is 3. The first-order valence-corrected chi connectivity index (χ1v) is 7.14. The summed E-state index contributed by atoms with van der Waals surface area (Å²) < 4.78 is 16.9. The first-order valence-electron chi connectivity index (χ1n) is 5.94. The van der Waals surface area contributed by atoms with Crippen molar-refractivity contribution in [2.24, 2.45) is 5.73 Å². The zero-order valence-corrected chi connectivity index (χ0v) is 13.3. The average Bonchev–Trinajstić information content (AvgIpc) is 2.39. The molecule has 0 spiro atoms. The van der Waals surface area contributed by atoms with Gasteiger partial charge in [-0.15, -0.1) is 0 Å². The maximum atomic E-state index is 5.65. The Bertz CT molecular complexity index is 415. The predicted molar refractivity (Wildman–Crippen MR) is 82.8 cm³/mol. The number of halogens is 1. The number of benzene rings is 1. The number of hydrogen-bond donors (Lipinski definition) is 1. The lowest BCUT2D eigenvalue weighted by molar-refractivity contribution is 0.0806. The van der Waals surface area contributed by atoms with Crippen molar-refractivity contribution in [2.75, 3.05) is 33.5 Å². The van der Waals surface area contributed by atoms with E-state index in [1.807, 2.05) is 18.2 Å². The maximum absolute atomic E-state index is 5.65. The number of nitrogens with two attached hydrogens (primary N) is 1. The van der Waals surface area contributed by atoms with Crippen molar-refractivity contribution < 1.29 is 14.2 Å². The van der Waals surface area contributed by atoms with Crippen molar-refractivity contribution in [3.05, 3.63) is 28.2 Å². The Hall–Kier alpha value is -0.690. The van der Waals surface area contributed by atoms with E-state index in [-0.39, 0.29) is 0 Å². The van der Waals surface area contributed by atoms with Crippen LogP contribution in [-0.4, -0.2) is 38.5 Å². The molecule has 0 saturated carbocycles. The minimum Gasteiger partial charge on any atom is -0.490 e. The van der Waals surface area contributed by atoms with Gasteiger partial charge in [-0.25, -0.2) is 0 Å². The summed E-state index contributed by atoms with van der Waals surface area (Å²) in [6.07, 6.45) is 0.882. The lowest BCUT2D eigenvalue weighted by atomic mass is 10.2. The summed E-state index contributed by atoms with van der Waals surface area (Å²) in [6, 6.07) is 5.57. The zero-order valence-electron chi connectivity index (χ0n) is 10.9. The van der Waals surface area contributed by atoms with Crippen molar-refractivity contribution >= 4 is 33.1 Å². The molecule has 1 aromatic carbocycles. The third-order valence-electron chi connectivity index (χ3n) is 2.33. The maximum Gasteiger partial charge on any atom is 0.129 e. The Balaban J connectivity index is 2.35. The molecule has 0 amide bonds. The summed E-state index contributed by atoms with van der Waals surface area (Å²) >= 11 is 8.36. The Morgan fingerprint density at radius 2 is 2.05 bits per heavy atom. The minimum atomic E-state index is 0.317. The second-order valence-corrected chi connectivity index (χ2v) is 5.17. The van der Waals surface area contributed by atoms with Gasteiger partial charge in [-0.3, -0.25) is 0 Å². The second-order valence-electron chi connectivity index (χ2n) is 3.81. The Morgan fingerprint density at radius 1 is 1.26 bits per heavy atom. The van der Waals surface area contributed by atoms with Gasteiger partial charge in [0.15, 0.2) is 0 Å². The number of thiocarbonyl (C=S) groups is 1. The molecule has 0 aliphatic rings. The molecule has 0 aliphatic heterocycles. The second kappa shape index (κ2) is 9.25. The van der Waals surface area contributed by atoms with Crippen LogP contribution in [0.1, 0.15) is 12.0 Å². The van der Waals surface area contributed by atoms with E-state index in [1.54, 1.807) is 7.11 Å². The summed E-state index contributed by atoms with van der Waals surface area (Å²) in [4.78, 5) is 0.317. The van der Waals surface area contributed by atoms with E-state index in [4.69, 9.17) is 32.2 Å². The van der Waals surface area contributed by atoms with Gasteiger partial charge in [0.25, 0.3) is 0 Å². The van der Waals surface area contributed by atoms with Crippen molar-refractivity contribution in [1.29, 1.82) is 0 Å². The number of methoxy groups -OCH3 is 1. The van der Waals surface area contributed by atoms with Crippen LogP contribution in [0.15, 0.2) is 22.7 Å². The average molecular weight is 348 g/mol. The third-order valence-corrected chi connectivity index (χ3v) is 3.04. The molecule has 0 fully saturated rings. The van der Waals surface area contributed by atoms with Crippen molar-refractivity contribution in [3.8, 4) is 5.75 Å². The third kappa shape index (κ3) is 6.33. The van der Waals surface area contributed by atoms with E-state index < -0.39 is 0 Å². The van der Waals surface area contributed by atoms with Crippen LogP contribution >= 0.6 is 28.1 Å². The van der Waals surface area contributed by atoms with Crippen LogP contribution in [0.5, 0.6) is 5.75 Å². The molecule has 1 aromatic rings. The zero-order chi connectivity index (χ0) is 14.1. The van der Waals surface area contributed by atoms with E-state index in [1.165, 1.54) is 0 Å². The molecule has 0 radical (unpaired) electrons. The lowest BCUT2D eigenvalue weighted by Crippen LogP contribution is -2.14. The van der Waals surface area contributed by atoms with E-state index in [2.05, 4.69) is 15.9 Å². The minimum absolute atomic E-state index is 0.317. The molecule has 0 aliphatic carbocycles. The Kier molecular flexibility index (Phi) is 7.97. The van der Waals surface area contributed by atoms with E-state index >= 15 is 0 Å². The van der Waals surface area contributed by atoms with Crippen LogP contribution in [-0.2, 0) is 9.47 Å². The normalized spacial score (nSPS) is 10.4. The first kappa shape index (κ1) is 16.4. The molecule has 2 N–H and O–H groups in total. The highest BCUT2D eigenvalue weighted by Crippen LogP contribution is 2.23. The summed E-state index contributed by atoms with van der Waals surface area (Å²) in [5.74, 6) is 0.677. The standard InChI is InChI=1S/C13H18BrNO3S/c1-16-5-2-6-17-7-8-18-12-4-3-10(14)9-11(12)13(15)19/h3-4,9H,2,5-8H2,1H3,(H2,15,19). The molecular weight excluding hydrogens is 330 g/mol. The molecule has 0 atom stereocenters. The van der Waals surface area contributed by atoms with Gasteiger partial charge >= 0.3 is 0 Å². The van der Waals surface area contributed by atoms with Crippen LogP contribution in [0.2, 0.25) is 0 Å². The van der Waals surface area contributed by atoms with Gasteiger partial charge in [0.05, 0.1) is 12.2 Å². The molecule has 106 valence electrons. The van der Waals surface area contributed by atoms with Gasteiger partial charge in [-0.05, 0) is 24.6 Å². The highest BCUT2D eigenvalue weighted by molar-refractivity contribution is 9.10. The Labute approximate surface area is 127 Å². The largest absolute Gasteiger partial charge is 0.490 e. The molecule has 0 saturated heterocycles. The smallest absolute Gasteiger partial charge is 0.129 e. The molecule has 0 heterocycles. The van der Waals surface area contributed by atoms with E-state index in [0.29, 0.717) is 37.2 Å². The van der Waals surface area contributed by atoms with Crippen LogP contribution in [0.4, 0.5) is 0 Å².